The van der Waals surface area contributed by atoms with Crippen molar-refractivity contribution >= 4 is 22.5 Å². The molecule has 0 radical (unpaired) electrons. The molecule has 7 nitrogen and oxygen atoms in total. The van der Waals surface area contributed by atoms with Crippen molar-refractivity contribution in [2.24, 2.45) is 0 Å². The first kappa shape index (κ1) is 28.0. The summed E-state index contributed by atoms with van der Waals surface area (Å²) in [7, 11) is 0. The third-order valence-corrected chi connectivity index (χ3v) is 6.82. The van der Waals surface area contributed by atoms with Crippen LogP contribution in [0.5, 0.6) is 11.5 Å². The van der Waals surface area contributed by atoms with Crippen LogP contribution in [-0.4, -0.2) is 62.0 Å². The molecule has 1 saturated heterocycles. The lowest BCUT2D eigenvalue weighted by atomic mass is 9.96. The van der Waals surface area contributed by atoms with Crippen molar-refractivity contribution in [2.45, 2.75) is 13.8 Å². The van der Waals surface area contributed by atoms with E-state index in [2.05, 4.69) is 59.2 Å². The monoisotopic (exact) mass is 551 g/mol. The van der Waals surface area contributed by atoms with Crippen LogP contribution in [0.25, 0.3) is 16.5 Å². The van der Waals surface area contributed by atoms with Crippen LogP contribution in [0.1, 0.15) is 28.0 Å². The minimum absolute atomic E-state index is 0.341. The summed E-state index contributed by atoms with van der Waals surface area (Å²) in [5.41, 5.74) is 5.78. The van der Waals surface area contributed by atoms with Crippen LogP contribution in [-0.2, 0) is 9.53 Å². The quantitative estimate of drug-likeness (QED) is 0.267. The first-order valence-electron chi connectivity index (χ1n) is 13.6. The maximum absolute atomic E-state index is 10.8. The van der Waals surface area contributed by atoms with Gasteiger partial charge in [-0.2, -0.15) is 0 Å². The number of hydrogen-bond donors (Lipinski definition) is 1. The van der Waals surface area contributed by atoms with Crippen LogP contribution in [0.2, 0.25) is 0 Å². The van der Waals surface area contributed by atoms with Crippen molar-refractivity contribution in [1.82, 2.24) is 4.90 Å². The number of carboxylic acid groups (broad SMARTS) is 1. The van der Waals surface area contributed by atoms with E-state index in [1.54, 1.807) is 12.1 Å². The van der Waals surface area contributed by atoms with E-state index >= 15 is 0 Å². The van der Waals surface area contributed by atoms with Gasteiger partial charge in [0.2, 0.25) is 0 Å². The van der Waals surface area contributed by atoms with Crippen molar-refractivity contribution in [1.29, 1.82) is 0 Å². The maximum atomic E-state index is 10.8. The molecule has 2 heterocycles. The van der Waals surface area contributed by atoms with Crippen molar-refractivity contribution in [3.63, 3.8) is 0 Å². The van der Waals surface area contributed by atoms with Crippen LogP contribution in [0.4, 0.5) is 0 Å². The second-order valence-corrected chi connectivity index (χ2v) is 9.92. The third-order valence-electron chi connectivity index (χ3n) is 6.82. The van der Waals surface area contributed by atoms with E-state index in [4.69, 9.17) is 23.7 Å². The van der Waals surface area contributed by atoms with Gasteiger partial charge in [0.15, 0.2) is 6.61 Å². The van der Waals surface area contributed by atoms with Gasteiger partial charge >= 0.3 is 5.97 Å². The molecule has 5 rings (SSSR count). The second kappa shape index (κ2) is 13.2. The molecule has 0 spiro atoms. The summed E-state index contributed by atoms with van der Waals surface area (Å²) in [5.74, 6) is 7.62. The molecule has 1 N–H and O–H groups in total. The number of rotatable bonds is 9. The average Bonchev–Trinajstić information content (AvgIpc) is 3.35. The van der Waals surface area contributed by atoms with Gasteiger partial charge in [0.1, 0.15) is 29.4 Å². The number of fused-ring (bicyclic) bond motifs is 1. The van der Waals surface area contributed by atoms with Gasteiger partial charge in [-0.25, -0.2) is 4.79 Å². The lowest BCUT2D eigenvalue weighted by Crippen LogP contribution is -2.36. The van der Waals surface area contributed by atoms with Crippen LogP contribution in [0.3, 0.4) is 0 Å². The second-order valence-electron chi connectivity index (χ2n) is 9.92. The normalized spacial score (nSPS) is 14.0. The van der Waals surface area contributed by atoms with E-state index in [0.717, 1.165) is 77.4 Å². The molecular weight excluding hydrogens is 518 g/mol. The smallest absolute Gasteiger partial charge is 0.341 e. The molecular formula is C34H33NO6. The number of hydrogen-bond acceptors (Lipinski definition) is 6. The SMILES string of the molecule is Cc1cc2cc(/C(=C/COc3ccc(OCC(=O)O)c(C)c3)c3ccc(C#CCN4CCOCC4)cc3)ccc2o1. The number of benzene rings is 3. The molecule has 1 aliphatic rings. The molecule has 41 heavy (non-hydrogen) atoms. The van der Waals surface area contributed by atoms with E-state index in [-0.39, 0.29) is 6.61 Å². The molecule has 1 fully saturated rings. The summed E-state index contributed by atoms with van der Waals surface area (Å²) < 4.78 is 22.6. The zero-order valence-corrected chi connectivity index (χ0v) is 23.3. The Morgan fingerprint density at radius 1 is 0.976 bits per heavy atom. The summed E-state index contributed by atoms with van der Waals surface area (Å²) in [6.45, 7) is 7.89. The molecule has 0 aliphatic carbocycles. The Balaban J connectivity index is 1.34. The molecule has 0 unspecified atom stereocenters. The number of aliphatic carboxylic acids is 1. The molecule has 0 atom stereocenters. The van der Waals surface area contributed by atoms with E-state index < -0.39 is 5.97 Å². The Hall–Kier alpha value is -4.51. The topological polar surface area (TPSA) is 81.4 Å². The Bertz CT molecular complexity index is 1600. The van der Waals surface area contributed by atoms with Gasteiger partial charge in [-0.05, 0) is 90.7 Å². The van der Waals surface area contributed by atoms with Crippen molar-refractivity contribution in [3.05, 3.63) is 101 Å². The van der Waals surface area contributed by atoms with Crippen molar-refractivity contribution in [3.8, 4) is 23.3 Å². The zero-order chi connectivity index (χ0) is 28.6. The first-order valence-corrected chi connectivity index (χ1v) is 13.6. The highest BCUT2D eigenvalue weighted by atomic mass is 16.5. The molecule has 3 aromatic carbocycles. The molecule has 0 saturated carbocycles. The molecule has 1 aromatic heterocycles. The number of nitrogens with zero attached hydrogens (tertiary/aromatic N) is 1. The number of carbonyl (C=O) groups is 1. The fraction of sp³-hybridized carbons (Fsp3) is 0.265. The van der Waals surface area contributed by atoms with Gasteiger partial charge in [0.05, 0.1) is 19.8 Å². The average molecular weight is 552 g/mol. The largest absolute Gasteiger partial charge is 0.489 e. The van der Waals surface area contributed by atoms with Crippen LogP contribution in [0.15, 0.2) is 77.2 Å². The number of aryl methyl sites for hydroxylation is 2. The molecule has 210 valence electrons. The highest BCUT2D eigenvalue weighted by Gasteiger charge is 2.10. The lowest BCUT2D eigenvalue weighted by Gasteiger charge is -2.24. The van der Waals surface area contributed by atoms with Crippen molar-refractivity contribution in [2.75, 3.05) is 46.1 Å². The number of morpholine rings is 1. The summed E-state index contributed by atoms with van der Waals surface area (Å²) in [6, 6.07) is 21.9. The summed E-state index contributed by atoms with van der Waals surface area (Å²) in [6.07, 6.45) is 2.07. The third kappa shape index (κ3) is 7.57. The van der Waals surface area contributed by atoms with Gasteiger partial charge < -0.3 is 23.7 Å². The fourth-order valence-corrected chi connectivity index (χ4v) is 4.73. The summed E-state index contributed by atoms with van der Waals surface area (Å²) in [4.78, 5) is 13.1. The Morgan fingerprint density at radius 2 is 1.76 bits per heavy atom. The van der Waals surface area contributed by atoms with Crippen LogP contribution < -0.4 is 9.47 Å². The van der Waals surface area contributed by atoms with E-state index in [1.807, 2.05) is 32.0 Å². The first-order chi connectivity index (χ1) is 19.9. The molecule has 0 bridgehead atoms. The van der Waals surface area contributed by atoms with Crippen molar-refractivity contribution < 1.29 is 28.5 Å². The number of ether oxygens (including phenoxy) is 3. The van der Waals surface area contributed by atoms with Gasteiger partial charge in [-0.3, -0.25) is 4.90 Å². The van der Waals surface area contributed by atoms with Crippen LogP contribution >= 0.6 is 0 Å². The van der Waals surface area contributed by atoms with E-state index in [1.165, 1.54) is 0 Å². The summed E-state index contributed by atoms with van der Waals surface area (Å²) >= 11 is 0. The predicted molar refractivity (Wildman–Crippen MR) is 158 cm³/mol. The van der Waals surface area contributed by atoms with Gasteiger partial charge in [0, 0.05) is 24.0 Å². The Kier molecular flexibility index (Phi) is 9.05. The Labute approximate surface area is 239 Å². The van der Waals surface area contributed by atoms with E-state index in [0.29, 0.717) is 18.1 Å². The highest BCUT2D eigenvalue weighted by molar-refractivity contribution is 5.87. The van der Waals surface area contributed by atoms with E-state index in [9.17, 15) is 4.79 Å². The molecule has 1 aliphatic heterocycles. The number of furan rings is 1. The minimum Gasteiger partial charge on any atom is -0.489 e. The molecule has 4 aromatic rings. The predicted octanol–water partition coefficient (Wildman–Crippen LogP) is 5.71. The van der Waals surface area contributed by atoms with Gasteiger partial charge in [-0.15, -0.1) is 0 Å². The zero-order valence-electron chi connectivity index (χ0n) is 23.3. The minimum atomic E-state index is -1.01. The summed E-state index contributed by atoms with van der Waals surface area (Å²) in [5, 5.41) is 9.91. The van der Waals surface area contributed by atoms with Crippen LogP contribution in [0, 0.1) is 25.7 Å². The highest BCUT2D eigenvalue weighted by Crippen LogP contribution is 2.29. The van der Waals surface area contributed by atoms with Gasteiger partial charge in [-0.1, -0.05) is 30.0 Å². The Morgan fingerprint density at radius 3 is 2.51 bits per heavy atom. The standard InChI is InChI=1S/C34H33NO6/c1-24-20-30(10-12-32(24)40-23-34(36)37)39-17-13-31(28-9-11-33-29(22-28)21-25(2)41-33)27-7-5-26(6-8-27)4-3-14-35-15-18-38-19-16-35/h5-13,20-22H,14-19,23H2,1-2H3,(H,36,37)/b31-13+. The molecule has 0 amide bonds. The maximum Gasteiger partial charge on any atom is 0.341 e. The van der Waals surface area contributed by atoms with Gasteiger partial charge in [0.25, 0.3) is 0 Å². The lowest BCUT2D eigenvalue weighted by molar-refractivity contribution is -0.139. The number of carboxylic acids is 1. The fourth-order valence-electron chi connectivity index (χ4n) is 4.73. The molecule has 7 heteroatoms.